The third-order valence-electron chi connectivity index (χ3n) is 2.69. The molecule has 0 spiro atoms. The number of thiocarbonyl (C=S) groups is 2. The van der Waals surface area contributed by atoms with E-state index in [0.717, 1.165) is 0 Å². The molecule has 0 atom stereocenters. The molecule has 0 heterocycles. The quantitative estimate of drug-likeness (QED) is 0.414. The number of hydrogen-bond donors (Lipinski definition) is 2. The van der Waals surface area contributed by atoms with Crippen LogP contribution in [0.5, 0.6) is 11.5 Å². The minimum absolute atomic E-state index is 0. The van der Waals surface area contributed by atoms with Gasteiger partial charge in [-0.3, -0.25) is 9.98 Å². The molecule has 2 N–H and O–H groups in total. The van der Waals surface area contributed by atoms with Crippen LogP contribution in [0.1, 0.15) is 11.1 Å². The summed E-state index contributed by atoms with van der Waals surface area (Å²) in [5.41, 5.74) is 1.38. The molecule has 0 fully saturated rings. The molecular formula is C18H16CoN4O2S2-2. The Kier molecular flexibility index (Phi) is 18.1. The zero-order valence-corrected chi connectivity index (χ0v) is 16.7. The van der Waals surface area contributed by atoms with Crippen molar-refractivity contribution >= 4 is 47.2 Å². The van der Waals surface area contributed by atoms with Gasteiger partial charge in [-0.25, -0.2) is 0 Å². The second-order valence-electron chi connectivity index (χ2n) is 4.37. The van der Waals surface area contributed by atoms with Gasteiger partial charge in [-0.1, -0.05) is 48.7 Å². The maximum Gasteiger partial charge on any atom is 0.124 e. The molecular weight excluding hydrogens is 427 g/mol. The molecule has 0 aliphatic heterocycles. The minimum atomic E-state index is 0. The van der Waals surface area contributed by atoms with Crippen LogP contribution in [-0.4, -0.2) is 46.1 Å². The van der Waals surface area contributed by atoms with E-state index < -0.39 is 0 Å². The molecule has 0 bridgehead atoms. The summed E-state index contributed by atoms with van der Waals surface area (Å²) in [4.78, 5) is 8.39. The molecule has 0 unspecified atom stereocenters. The first-order valence-corrected chi connectivity index (χ1v) is 8.00. The summed E-state index contributed by atoms with van der Waals surface area (Å²) in [7, 11) is 0. The first kappa shape index (κ1) is 26.7. The molecule has 27 heavy (non-hydrogen) atoms. The summed E-state index contributed by atoms with van der Waals surface area (Å²) in [5.74, 6) is 0.433. The van der Waals surface area contributed by atoms with Gasteiger partial charge in [0.2, 0.25) is 0 Å². The van der Waals surface area contributed by atoms with Crippen molar-refractivity contribution in [1.29, 1.82) is 0 Å². The smallest absolute Gasteiger partial charge is 0.124 e. The summed E-state index contributed by atoms with van der Waals surface area (Å²) in [6.45, 7) is 1.05. The maximum absolute atomic E-state index is 9.54. The predicted molar refractivity (Wildman–Crippen MR) is 113 cm³/mol. The number of aromatic hydroxyl groups is 2. The zero-order valence-electron chi connectivity index (χ0n) is 14.0. The van der Waals surface area contributed by atoms with Crippen LogP contribution < -0.4 is 0 Å². The molecule has 1 radical (unpaired) electrons. The fourth-order valence-electron chi connectivity index (χ4n) is 1.63. The average molecular weight is 443 g/mol. The van der Waals surface area contributed by atoms with Gasteiger partial charge in [-0.15, -0.1) is 0 Å². The van der Waals surface area contributed by atoms with Crippen LogP contribution in [0.4, 0.5) is 0 Å². The molecule has 0 aliphatic carbocycles. The largest absolute Gasteiger partial charge is 0.753 e. The Morgan fingerprint density at radius 3 is 1.37 bits per heavy atom. The van der Waals surface area contributed by atoms with E-state index in [1.54, 1.807) is 48.8 Å². The second-order valence-corrected chi connectivity index (χ2v) is 4.74. The SMILES string of the molecule is Oc1ccccc1C=NCCN=Cc1ccccc1O.[Co].[N-]=C=S.[N-]=C=S. The molecule has 143 valence electrons. The molecule has 2 aromatic rings. The normalized spacial score (nSPS) is 9.04. The van der Waals surface area contributed by atoms with Crippen molar-refractivity contribution < 1.29 is 27.0 Å². The Bertz CT molecular complexity index is 734. The van der Waals surface area contributed by atoms with Crippen molar-refractivity contribution in [3.8, 4) is 11.5 Å². The van der Waals surface area contributed by atoms with Crippen LogP contribution in [0.25, 0.3) is 10.8 Å². The van der Waals surface area contributed by atoms with E-state index in [1.807, 2.05) is 12.1 Å². The summed E-state index contributed by atoms with van der Waals surface area (Å²) in [6, 6.07) is 14.1. The number of rotatable bonds is 5. The number of hydrogen-bond acceptors (Lipinski definition) is 6. The monoisotopic (exact) mass is 443 g/mol. The third kappa shape index (κ3) is 13.4. The number of phenolic OH excluding ortho intramolecular Hbond substituents is 2. The van der Waals surface area contributed by atoms with E-state index in [0.29, 0.717) is 24.2 Å². The van der Waals surface area contributed by atoms with Crippen molar-refractivity contribution in [2.75, 3.05) is 13.1 Å². The van der Waals surface area contributed by atoms with E-state index in [4.69, 9.17) is 10.8 Å². The fraction of sp³-hybridized carbons (Fsp3) is 0.111. The molecule has 0 saturated heterocycles. The number of benzene rings is 2. The van der Waals surface area contributed by atoms with Gasteiger partial charge in [-0.2, -0.15) is 10.3 Å². The molecule has 0 aromatic heterocycles. The Morgan fingerprint density at radius 2 is 1.07 bits per heavy atom. The van der Waals surface area contributed by atoms with Gasteiger partial charge in [0.05, 0.1) is 13.1 Å². The van der Waals surface area contributed by atoms with Crippen molar-refractivity contribution in [2.24, 2.45) is 9.98 Å². The maximum atomic E-state index is 9.54. The molecule has 2 aromatic carbocycles. The summed E-state index contributed by atoms with van der Waals surface area (Å²) >= 11 is 7.40. The van der Waals surface area contributed by atoms with Crippen LogP contribution in [0.3, 0.4) is 0 Å². The number of nitrogens with zero attached hydrogens (tertiary/aromatic N) is 4. The number of para-hydroxylation sites is 2. The van der Waals surface area contributed by atoms with Gasteiger partial charge >= 0.3 is 0 Å². The third-order valence-corrected chi connectivity index (χ3v) is 2.69. The summed E-state index contributed by atoms with van der Waals surface area (Å²) in [6.07, 6.45) is 3.26. The first-order valence-electron chi connectivity index (χ1n) is 7.18. The second kappa shape index (κ2) is 18.3. The van der Waals surface area contributed by atoms with Crippen molar-refractivity contribution in [1.82, 2.24) is 0 Å². The van der Waals surface area contributed by atoms with Crippen LogP contribution in [0.2, 0.25) is 0 Å². The topological polar surface area (TPSA) is 110 Å². The fourth-order valence-corrected chi connectivity index (χ4v) is 1.63. The van der Waals surface area contributed by atoms with Crippen LogP contribution >= 0.6 is 24.4 Å². The molecule has 6 nitrogen and oxygen atoms in total. The van der Waals surface area contributed by atoms with Gasteiger partial charge < -0.3 is 21.0 Å². The molecule has 0 aliphatic rings. The Labute approximate surface area is 178 Å². The Balaban J connectivity index is 0. The predicted octanol–water partition coefficient (Wildman–Crippen LogP) is 3.95. The van der Waals surface area contributed by atoms with Crippen molar-refractivity contribution in [3.63, 3.8) is 0 Å². The van der Waals surface area contributed by atoms with Crippen LogP contribution in [0.15, 0.2) is 58.5 Å². The van der Waals surface area contributed by atoms with E-state index >= 15 is 0 Å². The van der Waals surface area contributed by atoms with E-state index in [1.165, 1.54) is 10.3 Å². The van der Waals surface area contributed by atoms with Gasteiger partial charge in [0.1, 0.15) is 11.5 Å². The zero-order chi connectivity index (χ0) is 19.6. The Hall–Kier alpha value is -2.51. The van der Waals surface area contributed by atoms with Crippen LogP contribution in [0, 0.1) is 0 Å². The summed E-state index contributed by atoms with van der Waals surface area (Å²) in [5, 5.41) is 36.0. The van der Waals surface area contributed by atoms with Crippen LogP contribution in [-0.2, 0) is 16.8 Å². The standard InChI is InChI=1S/C16H16N2O2.2CNS.Co/c19-15-7-3-1-5-13(15)11-17-9-10-18-12-14-6-2-4-8-16(14)20;2*2-1-3;/h1-8,11-12,19-20H,9-10H2;;;/q;2*-1;. The molecule has 0 amide bonds. The van der Waals surface area contributed by atoms with E-state index in [9.17, 15) is 10.2 Å². The molecule has 0 saturated carbocycles. The first-order chi connectivity index (χ1) is 12.6. The average Bonchev–Trinajstić information content (AvgIpc) is 2.62. The molecule has 2 rings (SSSR count). The van der Waals surface area contributed by atoms with Gasteiger partial charge in [0, 0.05) is 40.3 Å². The number of isothiocyanates is 2. The molecule has 9 heteroatoms. The van der Waals surface area contributed by atoms with Crippen molar-refractivity contribution in [3.05, 3.63) is 70.5 Å². The number of phenols is 2. The van der Waals surface area contributed by atoms with Gasteiger partial charge in [0.15, 0.2) is 0 Å². The summed E-state index contributed by atoms with van der Waals surface area (Å²) < 4.78 is 0. The van der Waals surface area contributed by atoms with Crippen molar-refractivity contribution in [2.45, 2.75) is 0 Å². The minimum Gasteiger partial charge on any atom is -0.753 e. The Morgan fingerprint density at radius 1 is 0.778 bits per heavy atom. The number of aliphatic imine (C=N–C) groups is 2. The van der Waals surface area contributed by atoms with Gasteiger partial charge in [0.25, 0.3) is 0 Å². The van der Waals surface area contributed by atoms with E-state index in [-0.39, 0.29) is 28.3 Å². The van der Waals surface area contributed by atoms with Gasteiger partial charge in [-0.05, 0) is 24.3 Å². The van der Waals surface area contributed by atoms with E-state index in [2.05, 4.69) is 34.4 Å².